The van der Waals surface area contributed by atoms with Crippen molar-refractivity contribution >= 4 is 23.5 Å². The number of benzodiazepines with no additional fused rings is 1. The summed E-state index contributed by atoms with van der Waals surface area (Å²) >= 11 is 0. The number of benzene rings is 2. The number of non-ortho nitro benzene ring substituents is 1. The lowest BCUT2D eigenvalue weighted by molar-refractivity contribution is -0.384. The molecular formula is C19H19N3O4. The van der Waals surface area contributed by atoms with Gasteiger partial charge in [-0.1, -0.05) is 0 Å². The van der Waals surface area contributed by atoms with Gasteiger partial charge in [0.25, 0.3) is 11.6 Å². The molecule has 0 bridgehead atoms. The molecule has 7 heteroatoms. The standard InChI is InChI=1S/C19H19N3O4/c1-13(2)26-17-6-3-14(4-7-17)19(23)21-10-9-20-12-15-11-16(22(24)25)5-8-18(15)21/h3-8,11-13H,9-10H2,1-2H3. The molecule has 0 spiro atoms. The number of amides is 1. The molecule has 0 saturated heterocycles. The smallest absolute Gasteiger partial charge is 0.270 e. The SMILES string of the molecule is CC(C)Oc1ccc(C(=O)N2CCN=Cc3cc([N+](=O)[O-])ccc32)cc1. The molecule has 1 heterocycles. The number of carbonyl (C=O) groups is 1. The van der Waals surface area contributed by atoms with E-state index in [-0.39, 0.29) is 17.7 Å². The van der Waals surface area contributed by atoms with Crippen LogP contribution < -0.4 is 9.64 Å². The summed E-state index contributed by atoms with van der Waals surface area (Å²) in [5.41, 5.74) is 1.67. The second kappa shape index (κ2) is 7.35. The van der Waals surface area contributed by atoms with Crippen LogP contribution >= 0.6 is 0 Å². The molecule has 1 aliphatic heterocycles. The first kappa shape index (κ1) is 17.6. The molecule has 2 aromatic rings. The molecule has 0 aromatic heterocycles. The van der Waals surface area contributed by atoms with Crippen molar-refractivity contribution < 1.29 is 14.5 Å². The molecule has 0 saturated carbocycles. The summed E-state index contributed by atoms with van der Waals surface area (Å²) in [5.74, 6) is 0.522. The van der Waals surface area contributed by atoms with Crippen molar-refractivity contribution in [3.8, 4) is 5.75 Å². The largest absolute Gasteiger partial charge is 0.491 e. The summed E-state index contributed by atoms with van der Waals surface area (Å²) in [6.45, 7) is 4.71. The quantitative estimate of drug-likeness (QED) is 0.622. The van der Waals surface area contributed by atoms with Gasteiger partial charge in [-0.15, -0.1) is 0 Å². The lowest BCUT2D eigenvalue weighted by Crippen LogP contribution is -2.33. The molecule has 0 radical (unpaired) electrons. The molecule has 2 aromatic carbocycles. The van der Waals surface area contributed by atoms with Gasteiger partial charge in [-0.2, -0.15) is 0 Å². The summed E-state index contributed by atoms with van der Waals surface area (Å²) in [4.78, 5) is 29.3. The molecular weight excluding hydrogens is 334 g/mol. The van der Waals surface area contributed by atoms with E-state index in [1.807, 2.05) is 13.8 Å². The van der Waals surface area contributed by atoms with Gasteiger partial charge in [0.1, 0.15) is 5.75 Å². The van der Waals surface area contributed by atoms with Crippen LogP contribution in [0, 0.1) is 10.1 Å². The highest BCUT2D eigenvalue weighted by atomic mass is 16.6. The Morgan fingerprint density at radius 2 is 1.96 bits per heavy atom. The lowest BCUT2D eigenvalue weighted by atomic mass is 10.1. The van der Waals surface area contributed by atoms with Crippen LogP contribution in [0.25, 0.3) is 0 Å². The molecule has 0 fully saturated rings. The Bertz CT molecular complexity index is 860. The van der Waals surface area contributed by atoms with Crippen molar-refractivity contribution in [1.29, 1.82) is 0 Å². The van der Waals surface area contributed by atoms with E-state index in [1.54, 1.807) is 41.4 Å². The predicted octanol–water partition coefficient (Wildman–Crippen LogP) is 3.46. The van der Waals surface area contributed by atoms with Gasteiger partial charge in [-0.25, -0.2) is 0 Å². The fraction of sp³-hybridized carbons (Fsp3) is 0.263. The molecule has 1 amide bonds. The average molecular weight is 353 g/mol. The average Bonchev–Trinajstić information content (AvgIpc) is 2.83. The molecule has 0 aliphatic carbocycles. The minimum atomic E-state index is -0.460. The third-order valence-corrected chi connectivity index (χ3v) is 3.91. The van der Waals surface area contributed by atoms with Crippen LogP contribution in [0.4, 0.5) is 11.4 Å². The number of rotatable bonds is 4. The fourth-order valence-electron chi connectivity index (χ4n) is 2.76. The van der Waals surface area contributed by atoms with E-state index < -0.39 is 4.92 Å². The van der Waals surface area contributed by atoms with Crippen LogP contribution in [0.2, 0.25) is 0 Å². The Morgan fingerprint density at radius 3 is 2.62 bits per heavy atom. The van der Waals surface area contributed by atoms with Crippen LogP contribution in [-0.4, -0.2) is 36.2 Å². The predicted molar refractivity (Wildman–Crippen MR) is 99.4 cm³/mol. The Labute approximate surface area is 151 Å². The number of fused-ring (bicyclic) bond motifs is 1. The molecule has 26 heavy (non-hydrogen) atoms. The van der Waals surface area contributed by atoms with E-state index in [0.29, 0.717) is 35.7 Å². The second-order valence-corrected chi connectivity index (χ2v) is 6.18. The van der Waals surface area contributed by atoms with Gasteiger partial charge in [-0.3, -0.25) is 19.9 Å². The van der Waals surface area contributed by atoms with Crippen molar-refractivity contribution in [1.82, 2.24) is 0 Å². The summed E-state index contributed by atoms with van der Waals surface area (Å²) in [6.07, 6.45) is 1.64. The monoisotopic (exact) mass is 353 g/mol. The molecule has 1 aliphatic rings. The fourth-order valence-corrected chi connectivity index (χ4v) is 2.76. The molecule has 3 rings (SSSR count). The zero-order valence-corrected chi connectivity index (χ0v) is 14.6. The summed E-state index contributed by atoms with van der Waals surface area (Å²) in [6, 6.07) is 11.4. The molecule has 0 atom stereocenters. The number of anilines is 1. The first-order valence-electron chi connectivity index (χ1n) is 8.32. The van der Waals surface area contributed by atoms with E-state index >= 15 is 0 Å². The zero-order valence-electron chi connectivity index (χ0n) is 14.6. The van der Waals surface area contributed by atoms with Crippen molar-refractivity contribution in [3.63, 3.8) is 0 Å². The maximum absolute atomic E-state index is 13.0. The van der Waals surface area contributed by atoms with Crippen LogP contribution in [0.3, 0.4) is 0 Å². The van der Waals surface area contributed by atoms with Crippen molar-refractivity contribution in [3.05, 3.63) is 63.7 Å². The summed E-state index contributed by atoms with van der Waals surface area (Å²) < 4.78 is 5.60. The number of ether oxygens (including phenoxy) is 1. The van der Waals surface area contributed by atoms with E-state index in [2.05, 4.69) is 4.99 Å². The minimum Gasteiger partial charge on any atom is -0.491 e. The van der Waals surface area contributed by atoms with Gasteiger partial charge in [0.05, 0.1) is 23.3 Å². The number of hydrogen-bond acceptors (Lipinski definition) is 5. The molecule has 0 unspecified atom stereocenters. The number of hydrogen-bond donors (Lipinski definition) is 0. The highest BCUT2D eigenvalue weighted by molar-refractivity contribution is 6.09. The highest BCUT2D eigenvalue weighted by Crippen LogP contribution is 2.27. The van der Waals surface area contributed by atoms with Crippen LogP contribution in [0.15, 0.2) is 47.5 Å². The Balaban J connectivity index is 1.90. The first-order chi connectivity index (χ1) is 12.5. The van der Waals surface area contributed by atoms with E-state index in [4.69, 9.17) is 4.74 Å². The summed E-state index contributed by atoms with van der Waals surface area (Å²) in [5, 5.41) is 11.0. The van der Waals surface area contributed by atoms with Crippen LogP contribution in [0.1, 0.15) is 29.8 Å². The molecule has 134 valence electrons. The maximum atomic E-state index is 13.0. The van der Waals surface area contributed by atoms with Crippen molar-refractivity contribution in [2.45, 2.75) is 20.0 Å². The Kier molecular flexibility index (Phi) is 4.97. The van der Waals surface area contributed by atoms with Crippen LogP contribution in [0.5, 0.6) is 5.75 Å². The maximum Gasteiger partial charge on any atom is 0.270 e. The number of carbonyl (C=O) groups excluding carboxylic acids is 1. The second-order valence-electron chi connectivity index (χ2n) is 6.18. The summed E-state index contributed by atoms with van der Waals surface area (Å²) in [7, 11) is 0. The van der Waals surface area contributed by atoms with Gasteiger partial charge in [0.15, 0.2) is 0 Å². The third-order valence-electron chi connectivity index (χ3n) is 3.91. The number of nitro benzene ring substituents is 1. The first-order valence-corrected chi connectivity index (χ1v) is 8.32. The highest BCUT2D eigenvalue weighted by Gasteiger charge is 2.23. The normalized spacial score (nSPS) is 13.3. The molecule has 7 nitrogen and oxygen atoms in total. The van der Waals surface area contributed by atoms with Crippen molar-refractivity contribution in [2.24, 2.45) is 4.99 Å². The topological polar surface area (TPSA) is 85.0 Å². The molecule has 0 N–H and O–H groups in total. The van der Waals surface area contributed by atoms with E-state index in [1.165, 1.54) is 12.1 Å². The van der Waals surface area contributed by atoms with Gasteiger partial charge >= 0.3 is 0 Å². The zero-order chi connectivity index (χ0) is 18.7. The van der Waals surface area contributed by atoms with Crippen molar-refractivity contribution in [2.75, 3.05) is 18.0 Å². The number of aliphatic imine (C=N–C) groups is 1. The number of nitrogens with zero attached hydrogens (tertiary/aromatic N) is 3. The number of nitro groups is 1. The van der Waals surface area contributed by atoms with Gasteiger partial charge < -0.3 is 9.64 Å². The Morgan fingerprint density at radius 1 is 1.23 bits per heavy atom. The third kappa shape index (κ3) is 3.72. The van der Waals surface area contributed by atoms with Gasteiger partial charge in [-0.05, 0) is 44.2 Å². The minimum absolute atomic E-state index is 0.0281. The van der Waals surface area contributed by atoms with Crippen LogP contribution in [-0.2, 0) is 0 Å². The Hall–Kier alpha value is -3.22. The van der Waals surface area contributed by atoms with Gasteiger partial charge in [0, 0.05) is 36.0 Å². The van der Waals surface area contributed by atoms with Gasteiger partial charge in [0.2, 0.25) is 0 Å². The van der Waals surface area contributed by atoms with E-state index in [0.717, 1.165) is 0 Å². The lowest BCUT2D eigenvalue weighted by Gasteiger charge is -2.22. The van der Waals surface area contributed by atoms with E-state index in [9.17, 15) is 14.9 Å².